The van der Waals surface area contributed by atoms with E-state index >= 15 is 0 Å². The minimum atomic E-state index is 0.519. The SMILES string of the molecule is CN(Cc1ccc(Br)o1)Cn1nc(-c2ccco2)n(-c2ccccc2)c1=S. The van der Waals surface area contributed by atoms with Gasteiger partial charge in [-0.3, -0.25) is 9.47 Å². The van der Waals surface area contributed by atoms with Gasteiger partial charge in [0, 0.05) is 0 Å². The van der Waals surface area contributed by atoms with Crippen molar-refractivity contribution in [1.29, 1.82) is 0 Å². The van der Waals surface area contributed by atoms with Crippen LogP contribution in [-0.4, -0.2) is 26.3 Å². The van der Waals surface area contributed by atoms with Gasteiger partial charge in [0.2, 0.25) is 10.6 Å². The molecule has 0 amide bonds. The van der Waals surface area contributed by atoms with Crippen LogP contribution in [0.5, 0.6) is 0 Å². The first-order chi connectivity index (χ1) is 13.1. The highest BCUT2D eigenvalue weighted by molar-refractivity contribution is 9.10. The number of hydrogen-bond acceptors (Lipinski definition) is 5. The molecule has 0 fully saturated rings. The molecule has 138 valence electrons. The molecule has 8 heteroatoms. The minimum Gasteiger partial charge on any atom is -0.461 e. The van der Waals surface area contributed by atoms with Crippen molar-refractivity contribution in [2.24, 2.45) is 0 Å². The van der Waals surface area contributed by atoms with Gasteiger partial charge < -0.3 is 8.83 Å². The van der Waals surface area contributed by atoms with Gasteiger partial charge in [0.05, 0.1) is 25.2 Å². The number of para-hydroxylation sites is 1. The monoisotopic (exact) mass is 444 g/mol. The summed E-state index contributed by atoms with van der Waals surface area (Å²) in [6.45, 7) is 1.16. The number of benzene rings is 1. The van der Waals surface area contributed by atoms with Gasteiger partial charge in [-0.1, -0.05) is 18.2 Å². The number of halogens is 1. The van der Waals surface area contributed by atoms with Gasteiger partial charge in [-0.2, -0.15) is 0 Å². The fourth-order valence-corrected chi connectivity index (χ4v) is 3.49. The fraction of sp³-hybridized carbons (Fsp3) is 0.158. The van der Waals surface area contributed by atoms with Gasteiger partial charge in [-0.25, -0.2) is 4.68 Å². The highest BCUT2D eigenvalue weighted by atomic mass is 79.9. The van der Waals surface area contributed by atoms with Crippen molar-refractivity contribution >= 4 is 28.1 Å². The lowest BCUT2D eigenvalue weighted by Gasteiger charge is -2.14. The first-order valence-corrected chi connectivity index (χ1v) is 9.54. The van der Waals surface area contributed by atoms with Crippen molar-refractivity contribution in [3.05, 3.63) is 76.1 Å². The van der Waals surface area contributed by atoms with Crippen molar-refractivity contribution < 1.29 is 8.83 Å². The number of aromatic nitrogens is 3. The highest BCUT2D eigenvalue weighted by Gasteiger charge is 2.17. The number of nitrogens with zero attached hydrogens (tertiary/aromatic N) is 4. The molecule has 0 saturated carbocycles. The summed E-state index contributed by atoms with van der Waals surface area (Å²) >= 11 is 9.05. The third kappa shape index (κ3) is 3.83. The van der Waals surface area contributed by atoms with Gasteiger partial charge in [0.25, 0.3) is 0 Å². The van der Waals surface area contributed by atoms with Crippen molar-refractivity contribution in [2.75, 3.05) is 7.05 Å². The average molecular weight is 445 g/mol. The maximum Gasteiger partial charge on any atom is 0.204 e. The molecule has 0 aliphatic carbocycles. The van der Waals surface area contributed by atoms with Gasteiger partial charge in [-0.05, 0) is 71.6 Å². The molecule has 4 rings (SSSR count). The van der Waals surface area contributed by atoms with E-state index in [0.717, 1.165) is 16.1 Å². The second-order valence-electron chi connectivity index (χ2n) is 6.12. The predicted molar refractivity (Wildman–Crippen MR) is 108 cm³/mol. The Labute approximate surface area is 169 Å². The zero-order valence-corrected chi connectivity index (χ0v) is 17.0. The van der Waals surface area contributed by atoms with Crippen LogP contribution >= 0.6 is 28.1 Å². The van der Waals surface area contributed by atoms with Crippen LogP contribution in [0, 0.1) is 4.77 Å². The van der Waals surface area contributed by atoms with E-state index in [0.29, 0.717) is 29.6 Å². The molecule has 0 saturated heterocycles. The molecule has 0 spiro atoms. The molecule has 3 aromatic heterocycles. The van der Waals surface area contributed by atoms with Crippen LogP contribution in [0.25, 0.3) is 17.3 Å². The summed E-state index contributed by atoms with van der Waals surface area (Å²) in [7, 11) is 1.99. The summed E-state index contributed by atoms with van der Waals surface area (Å²) < 4.78 is 16.2. The summed E-state index contributed by atoms with van der Waals surface area (Å²) in [5.74, 6) is 2.20. The lowest BCUT2D eigenvalue weighted by Crippen LogP contribution is -2.22. The molecular formula is C19H17BrN4O2S. The van der Waals surface area contributed by atoms with E-state index < -0.39 is 0 Å². The molecule has 6 nitrogen and oxygen atoms in total. The largest absolute Gasteiger partial charge is 0.461 e. The number of rotatable bonds is 6. The van der Waals surface area contributed by atoms with Gasteiger partial charge in [0.15, 0.2) is 10.4 Å². The van der Waals surface area contributed by atoms with E-state index in [1.807, 2.05) is 66.2 Å². The third-order valence-corrected chi connectivity index (χ3v) is 4.84. The van der Waals surface area contributed by atoms with Crippen LogP contribution in [0.4, 0.5) is 0 Å². The van der Waals surface area contributed by atoms with E-state index in [1.165, 1.54) is 0 Å². The predicted octanol–water partition coefficient (Wildman–Crippen LogP) is 5.11. The second kappa shape index (κ2) is 7.67. The smallest absolute Gasteiger partial charge is 0.204 e. The molecule has 0 radical (unpaired) electrons. The molecule has 3 heterocycles. The van der Waals surface area contributed by atoms with Crippen molar-refractivity contribution in [2.45, 2.75) is 13.2 Å². The lowest BCUT2D eigenvalue weighted by molar-refractivity contribution is 0.225. The number of furan rings is 2. The van der Waals surface area contributed by atoms with Gasteiger partial charge >= 0.3 is 0 Å². The number of hydrogen-bond donors (Lipinski definition) is 0. The third-order valence-electron chi connectivity index (χ3n) is 4.03. The van der Waals surface area contributed by atoms with E-state index in [1.54, 1.807) is 10.9 Å². The second-order valence-corrected chi connectivity index (χ2v) is 7.26. The van der Waals surface area contributed by atoms with Gasteiger partial charge in [-0.15, -0.1) is 5.10 Å². The molecule has 0 unspecified atom stereocenters. The molecule has 0 aliphatic heterocycles. The lowest BCUT2D eigenvalue weighted by atomic mass is 10.3. The van der Waals surface area contributed by atoms with Crippen LogP contribution in [-0.2, 0) is 13.2 Å². The molecule has 0 aliphatic rings. The van der Waals surface area contributed by atoms with Crippen LogP contribution in [0.2, 0.25) is 0 Å². The topological polar surface area (TPSA) is 52.3 Å². The molecule has 4 aromatic rings. The maximum absolute atomic E-state index is 5.72. The summed E-state index contributed by atoms with van der Waals surface area (Å²) in [5.41, 5.74) is 0.942. The molecule has 27 heavy (non-hydrogen) atoms. The summed E-state index contributed by atoms with van der Waals surface area (Å²) in [6.07, 6.45) is 1.63. The zero-order chi connectivity index (χ0) is 18.8. The quantitative estimate of drug-likeness (QED) is 0.386. The Bertz CT molecular complexity index is 1080. The summed E-state index contributed by atoms with van der Waals surface area (Å²) in [6, 6.07) is 17.5. The van der Waals surface area contributed by atoms with E-state index in [-0.39, 0.29) is 0 Å². The van der Waals surface area contributed by atoms with Crippen molar-refractivity contribution in [3.63, 3.8) is 0 Å². The van der Waals surface area contributed by atoms with E-state index in [2.05, 4.69) is 20.8 Å². The minimum absolute atomic E-state index is 0.519. The van der Waals surface area contributed by atoms with E-state index in [9.17, 15) is 0 Å². The molecule has 0 bridgehead atoms. The standard InChI is InChI=1S/C19H17BrN4O2S/c1-22(12-15-9-10-17(20)26-15)13-23-19(27)24(14-6-3-2-4-7-14)18(21-23)16-8-5-11-25-16/h2-11H,12-13H2,1H3. The van der Waals surface area contributed by atoms with Crippen LogP contribution in [0.3, 0.4) is 0 Å². The Morgan fingerprint density at radius 3 is 2.59 bits per heavy atom. The Balaban J connectivity index is 1.68. The summed E-state index contributed by atoms with van der Waals surface area (Å²) in [5, 5.41) is 4.72. The van der Waals surface area contributed by atoms with Crippen LogP contribution in [0.15, 0.2) is 74.4 Å². The first-order valence-electron chi connectivity index (χ1n) is 8.34. The Hall–Kier alpha value is -2.42. The first kappa shape index (κ1) is 18.0. The molecule has 1 aromatic carbocycles. The fourth-order valence-electron chi connectivity index (χ4n) is 2.86. The molecule has 0 N–H and O–H groups in total. The normalized spacial score (nSPS) is 11.4. The van der Waals surface area contributed by atoms with E-state index in [4.69, 9.17) is 26.2 Å². The molecule has 0 atom stereocenters. The maximum atomic E-state index is 5.72. The Morgan fingerprint density at radius 1 is 1.11 bits per heavy atom. The Kier molecular flexibility index (Phi) is 5.11. The van der Waals surface area contributed by atoms with Gasteiger partial charge in [0.1, 0.15) is 5.76 Å². The summed E-state index contributed by atoms with van der Waals surface area (Å²) in [4.78, 5) is 2.08. The zero-order valence-electron chi connectivity index (χ0n) is 14.6. The van der Waals surface area contributed by atoms with Crippen LogP contribution < -0.4 is 0 Å². The average Bonchev–Trinajstić information content (AvgIpc) is 3.38. The highest BCUT2D eigenvalue weighted by Crippen LogP contribution is 2.23. The van der Waals surface area contributed by atoms with Crippen molar-refractivity contribution in [1.82, 2.24) is 19.2 Å². The van der Waals surface area contributed by atoms with Crippen molar-refractivity contribution in [3.8, 4) is 17.3 Å². The molecular weight excluding hydrogens is 428 g/mol. The Morgan fingerprint density at radius 2 is 1.93 bits per heavy atom. The van der Waals surface area contributed by atoms with Crippen LogP contribution in [0.1, 0.15) is 5.76 Å².